The van der Waals surface area contributed by atoms with Crippen LogP contribution in [0.4, 0.5) is 4.79 Å². The third-order valence-electron chi connectivity index (χ3n) is 6.90. The standard InChI is InChI=1S/C31H36N4O4/c1-31(2,3)39-30(36)35(23-12-14-38-15-13-23)19-21-10-11-28-27(16-21)26(17-29(33-28)37-5)25-9-7-6-8-24(25)22-18-32-34(4)20-22/h6-11,16-18,20,23H,12-15,19H2,1-5H3. The van der Waals surface area contributed by atoms with E-state index in [0.29, 0.717) is 25.6 Å². The fourth-order valence-corrected chi connectivity index (χ4v) is 5.06. The number of fused-ring (bicyclic) bond motifs is 1. The first kappa shape index (κ1) is 26.7. The smallest absolute Gasteiger partial charge is 0.410 e. The number of carbonyl (C=O) groups is 1. The zero-order chi connectivity index (χ0) is 27.6. The highest BCUT2D eigenvalue weighted by atomic mass is 16.6. The number of nitrogens with zero attached hydrogens (tertiary/aromatic N) is 4. The Morgan fingerprint density at radius 1 is 1.08 bits per heavy atom. The zero-order valence-electron chi connectivity index (χ0n) is 23.3. The number of methoxy groups -OCH3 is 1. The van der Waals surface area contributed by atoms with E-state index in [-0.39, 0.29) is 12.1 Å². The number of amides is 1. The van der Waals surface area contributed by atoms with Crippen LogP contribution in [0.3, 0.4) is 0 Å². The van der Waals surface area contributed by atoms with Gasteiger partial charge in [0.2, 0.25) is 5.88 Å². The minimum absolute atomic E-state index is 0.0593. The Morgan fingerprint density at radius 3 is 2.49 bits per heavy atom. The van der Waals surface area contributed by atoms with Crippen LogP contribution in [-0.4, -0.2) is 57.7 Å². The molecule has 0 bridgehead atoms. The molecule has 5 rings (SSSR count). The molecule has 39 heavy (non-hydrogen) atoms. The van der Waals surface area contributed by atoms with Gasteiger partial charge in [0.15, 0.2) is 0 Å². The maximum Gasteiger partial charge on any atom is 0.410 e. The van der Waals surface area contributed by atoms with Crippen LogP contribution in [0, 0.1) is 0 Å². The summed E-state index contributed by atoms with van der Waals surface area (Å²) in [6, 6.07) is 16.5. The van der Waals surface area contributed by atoms with Gasteiger partial charge in [-0.05, 0) is 68.0 Å². The fourth-order valence-electron chi connectivity index (χ4n) is 5.06. The molecule has 1 saturated heterocycles. The van der Waals surface area contributed by atoms with E-state index in [9.17, 15) is 4.79 Å². The second-order valence-electron chi connectivity index (χ2n) is 11.0. The van der Waals surface area contributed by atoms with Crippen molar-refractivity contribution < 1.29 is 19.0 Å². The Labute approximate surface area is 229 Å². The summed E-state index contributed by atoms with van der Waals surface area (Å²) < 4.78 is 18.8. The van der Waals surface area contributed by atoms with Crippen molar-refractivity contribution in [2.24, 2.45) is 7.05 Å². The van der Waals surface area contributed by atoms with Crippen LogP contribution in [0.25, 0.3) is 33.2 Å². The highest BCUT2D eigenvalue weighted by Crippen LogP contribution is 2.38. The van der Waals surface area contributed by atoms with Crippen LogP contribution in [0.5, 0.6) is 5.88 Å². The van der Waals surface area contributed by atoms with E-state index in [1.54, 1.807) is 11.8 Å². The normalized spacial score (nSPS) is 14.4. The van der Waals surface area contributed by atoms with Crippen LogP contribution in [0.15, 0.2) is 60.9 Å². The molecule has 0 N–H and O–H groups in total. The fraction of sp³-hybridized carbons (Fsp3) is 0.387. The first-order chi connectivity index (χ1) is 18.7. The molecule has 1 fully saturated rings. The molecule has 8 nitrogen and oxygen atoms in total. The van der Waals surface area contributed by atoms with E-state index >= 15 is 0 Å². The minimum Gasteiger partial charge on any atom is -0.481 e. The molecule has 204 valence electrons. The number of hydrogen-bond donors (Lipinski definition) is 0. The highest BCUT2D eigenvalue weighted by molar-refractivity contribution is 5.99. The van der Waals surface area contributed by atoms with Gasteiger partial charge in [-0.3, -0.25) is 4.68 Å². The second kappa shape index (κ2) is 11.1. The summed E-state index contributed by atoms with van der Waals surface area (Å²) in [5.74, 6) is 0.545. The topological polar surface area (TPSA) is 78.7 Å². The van der Waals surface area contributed by atoms with Crippen LogP contribution < -0.4 is 4.74 Å². The Kier molecular flexibility index (Phi) is 7.57. The Balaban J connectivity index is 1.59. The third-order valence-corrected chi connectivity index (χ3v) is 6.90. The van der Waals surface area contributed by atoms with Gasteiger partial charge in [-0.1, -0.05) is 30.3 Å². The van der Waals surface area contributed by atoms with Gasteiger partial charge in [0.05, 0.1) is 18.8 Å². The van der Waals surface area contributed by atoms with Crippen LogP contribution in [0.2, 0.25) is 0 Å². The lowest BCUT2D eigenvalue weighted by Crippen LogP contribution is -2.45. The van der Waals surface area contributed by atoms with Crippen molar-refractivity contribution in [1.29, 1.82) is 0 Å². The van der Waals surface area contributed by atoms with Gasteiger partial charge in [0.25, 0.3) is 0 Å². The molecular formula is C31H36N4O4. The first-order valence-corrected chi connectivity index (χ1v) is 13.4. The van der Waals surface area contributed by atoms with Gasteiger partial charge in [-0.25, -0.2) is 9.78 Å². The van der Waals surface area contributed by atoms with Gasteiger partial charge >= 0.3 is 6.09 Å². The van der Waals surface area contributed by atoms with Gasteiger partial charge in [0, 0.05) is 56.1 Å². The van der Waals surface area contributed by atoms with Crippen molar-refractivity contribution in [1.82, 2.24) is 19.7 Å². The van der Waals surface area contributed by atoms with E-state index in [1.165, 1.54) is 0 Å². The Bertz CT molecular complexity index is 1470. The number of ether oxygens (including phenoxy) is 3. The summed E-state index contributed by atoms with van der Waals surface area (Å²) in [6.07, 6.45) is 5.16. The molecule has 0 saturated carbocycles. The van der Waals surface area contributed by atoms with Crippen molar-refractivity contribution in [2.75, 3.05) is 20.3 Å². The van der Waals surface area contributed by atoms with Crippen molar-refractivity contribution in [2.45, 2.75) is 51.8 Å². The number of rotatable bonds is 6. The molecule has 2 aromatic heterocycles. The molecule has 1 amide bonds. The predicted molar refractivity (Wildman–Crippen MR) is 152 cm³/mol. The molecule has 8 heteroatoms. The zero-order valence-corrected chi connectivity index (χ0v) is 23.3. The highest BCUT2D eigenvalue weighted by Gasteiger charge is 2.30. The number of hydrogen-bond acceptors (Lipinski definition) is 6. The molecule has 0 radical (unpaired) electrons. The number of aromatic nitrogens is 3. The van der Waals surface area contributed by atoms with E-state index in [2.05, 4.69) is 23.3 Å². The van der Waals surface area contributed by atoms with Crippen LogP contribution >= 0.6 is 0 Å². The van der Waals surface area contributed by atoms with Crippen LogP contribution in [0.1, 0.15) is 39.2 Å². The second-order valence-corrected chi connectivity index (χ2v) is 11.0. The SMILES string of the molecule is COc1cc(-c2ccccc2-c2cnn(C)c2)c2cc(CN(C(=O)OC(C)(C)C)C3CCOCC3)ccc2n1. The van der Waals surface area contributed by atoms with Crippen molar-refractivity contribution in [3.63, 3.8) is 0 Å². The summed E-state index contributed by atoms with van der Waals surface area (Å²) >= 11 is 0. The maximum atomic E-state index is 13.3. The molecule has 1 aliphatic heterocycles. The van der Waals surface area contributed by atoms with E-state index in [1.807, 2.05) is 75.4 Å². The number of carbonyl (C=O) groups excluding carboxylic acids is 1. The first-order valence-electron chi connectivity index (χ1n) is 13.4. The Hall–Kier alpha value is -3.91. The summed E-state index contributed by atoms with van der Waals surface area (Å²) in [5.41, 5.74) is 5.42. The number of aryl methyl sites for hydroxylation is 1. The van der Waals surface area contributed by atoms with Gasteiger partial charge in [0.1, 0.15) is 5.60 Å². The monoisotopic (exact) mass is 528 g/mol. The molecule has 3 heterocycles. The average molecular weight is 529 g/mol. The van der Waals surface area contributed by atoms with Gasteiger partial charge < -0.3 is 19.1 Å². The van der Waals surface area contributed by atoms with Crippen molar-refractivity contribution in [3.8, 4) is 28.1 Å². The van der Waals surface area contributed by atoms with Crippen LogP contribution in [-0.2, 0) is 23.1 Å². The van der Waals surface area contributed by atoms with Crippen molar-refractivity contribution >= 4 is 17.0 Å². The largest absolute Gasteiger partial charge is 0.481 e. The molecule has 0 unspecified atom stereocenters. The summed E-state index contributed by atoms with van der Waals surface area (Å²) in [5, 5.41) is 5.36. The summed E-state index contributed by atoms with van der Waals surface area (Å²) in [4.78, 5) is 19.9. The molecule has 0 aliphatic carbocycles. The minimum atomic E-state index is -0.576. The van der Waals surface area contributed by atoms with E-state index < -0.39 is 5.60 Å². The van der Waals surface area contributed by atoms with Gasteiger partial charge in [-0.2, -0.15) is 5.10 Å². The van der Waals surface area contributed by atoms with E-state index in [4.69, 9.17) is 19.2 Å². The molecule has 2 aromatic carbocycles. The third kappa shape index (κ3) is 6.06. The van der Waals surface area contributed by atoms with Gasteiger partial charge in [-0.15, -0.1) is 0 Å². The molecule has 4 aromatic rings. The van der Waals surface area contributed by atoms with E-state index in [0.717, 1.165) is 51.6 Å². The maximum absolute atomic E-state index is 13.3. The average Bonchev–Trinajstić information content (AvgIpc) is 3.36. The lowest BCUT2D eigenvalue weighted by Gasteiger charge is -2.35. The Morgan fingerprint density at radius 2 is 1.82 bits per heavy atom. The summed E-state index contributed by atoms with van der Waals surface area (Å²) in [6.45, 7) is 7.41. The molecule has 0 spiro atoms. The summed E-state index contributed by atoms with van der Waals surface area (Å²) in [7, 11) is 3.55. The predicted octanol–water partition coefficient (Wildman–Crippen LogP) is 6.23. The van der Waals surface area contributed by atoms with Crippen molar-refractivity contribution in [3.05, 3.63) is 66.5 Å². The number of pyridine rings is 1. The lowest BCUT2D eigenvalue weighted by molar-refractivity contribution is -0.00807. The lowest BCUT2D eigenvalue weighted by atomic mass is 9.93. The molecule has 1 aliphatic rings. The number of benzene rings is 2. The molecule has 0 atom stereocenters. The molecular weight excluding hydrogens is 492 g/mol. The quantitative estimate of drug-likeness (QED) is 0.295.